The average Bonchev–Trinajstić information content (AvgIpc) is 2.76. The van der Waals surface area contributed by atoms with E-state index in [1.165, 1.54) is 0 Å². The van der Waals surface area contributed by atoms with Gasteiger partial charge < -0.3 is 14.7 Å². The minimum absolute atomic E-state index is 0.258. The quantitative estimate of drug-likeness (QED) is 0.489. The molecule has 6 nitrogen and oxygen atoms in total. The van der Waals surface area contributed by atoms with Crippen molar-refractivity contribution >= 4 is 22.6 Å². The van der Waals surface area contributed by atoms with Gasteiger partial charge in [-0.2, -0.15) is 0 Å². The van der Waals surface area contributed by atoms with Crippen molar-refractivity contribution < 1.29 is 14.6 Å². The van der Waals surface area contributed by atoms with Crippen LogP contribution in [0.5, 0.6) is 0 Å². The number of para-hydroxylation sites is 1. The largest absolute Gasteiger partial charge is 0.479 e. The number of carboxylic acid groups (broad SMARTS) is 1. The summed E-state index contributed by atoms with van der Waals surface area (Å²) >= 11 is 0. The molecule has 34 heavy (non-hydrogen) atoms. The van der Waals surface area contributed by atoms with Crippen molar-refractivity contribution in [1.29, 1.82) is 0 Å². The van der Waals surface area contributed by atoms with Crippen LogP contribution >= 0.6 is 0 Å². The molecule has 1 aliphatic heterocycles. The van der Waals surface area contributed by atoms with Gasteiger partial charge in [-0.1, -0.05) is 38.1 Å². The van der Waals surface area contributed by atoms with Crippen LogP contribution in [0, 0.1) is 12.3 Å². The maximum absolute atomic E-state index is 12.5. The van der Waals surface area contributed by atoms with E-state index in [9.17, 15) is 9.90 Å². The van der Waals surface area contributed by atoms with E-state index in [0.29, 0.717) is 11.3 Å². The molecule has 0 amide bonds. The highest BCUT2D eigenvalue weighted by Crippen LogP contribution is 2.43. The Balaban J connectivity index is 1.94. The van der Waals surface area contributed by atoms with E-state index in [4.69, 9.17) is 9.72 Å². The first-order valence-electron chi connectivity index (χ1n) is 12.0. The number of hydrogen-bond acceptors (Lipinski definition) is 5. The number of aliphatic carboxylic acids is 1. The molecule has 1 unspecified atom stereocenters. The van der Waals surface area contributed by atoms with E-state index in [-0.39, 0.29) is 5.41 Å². The second-order valence-electron chi connectivity index (χ2n) is 11.0. The van der Waals surface area contributed by atoms with Crippen LogP contribution in [0.3, 0.4) is 0 Å². The first kappa shape index (κ1) is 24.1. The smallest absolute Gasteiger partial charge is 0.337 e. The number of fused-ring (bicyclic) bond motifs is 1. The lowest BCUT2D eigenvalue weighted by molar-refractivity contribution is -0.160. The lowest BCUT2D eigenvalue weighted by Crippen LogP contribution is -2.39. The zero-order valence-corrected chi connectivity index (χ0v) is 21.1. The maximum atomic E-state index is 12.5. The third kappa shape index (κ3) is 5.07. The van der Waals surface area contributed by atoms with Crippen LogP contribution in [0.1, 0.15) is 64.8 Å². The van der Waals surface area contributed by atoms with Crippen LogP contribution in [-0.4, -0.2) is 39.7 Å². The molecule has 0 aliphatic carbocycles. The van der Waals surface area contributed by atoms with E-state index in [0.717, 1.165) is 53.8 Å². The van der Waals surface area contributed by atoms with Crippen LogP contribution in [0.4, 0.5) is 5.69 Å². The summed E-state index contributed by atoms with van der Waals surface area (Å²) in [5, 5.41) is 11.3. The molecule has 1 saturated heterocycles. The van der Waals surface area contributed by atoms with Crippen molar-refractivity contribution in [2.45, 2.75) is 66.1 Å². The molecule has 0 saturated carbocycles. The Labute approximate surface area is 202 Å². The zero-order valence-electron chi connectivity index (χ0n) is 21.1. The summed E-state index contributed by atoms with van der Waals surface area (Å²) in [6.07, 6.45) is 2.76. The first-order valence-corrected chi connectivity index (χ1v) is 12.0. The van der Waals surface area contributed by atoms with Gasteiger partial charge in [-0.25, -0.2) is 9.78 Å². The third-order valence-electron chi connectivity index (χ3n) is 6.55. The molecule has 1 fully saturated rings. The molecular formula is C28H35N3O3. The van der Waals surface area contributed by atoms with Gasteiger partial charge in [0, 0.05) is 41.5 Å². The third-order valence-corrected chi connectivity index (χ3v) is 6.55. The predicted molar refractivity (Wildman–Crippen MR) is 136 cm³/mol. The molecule has 0 radical (unpaired) electrons. The molecule has 1 atom stereocenters. The SMILES string of the molecule is Cc1ncc(-c2ccc3ccccc3n2)c(N2CCC(C)(C)CC2)c1C(OC(C)(C)C)C(=O)O. The van der Waals surface area contributed by atoms with E-state index in [2.05, 4.69) is 29.8 Å². The Hall–Kier alpha value is -2.99. The zero-order chi connectivity index (χ0) is 24.7. The second-order valence-corrected chi connectivity index (χ2v) is 11.0. The van der Waals surface area contributed by atoms with Crippen molar-refractivity contribution in [3.05, 3.63) is 53.9 Å². The molecule has 1 aliphatic rings. The topological polar surface area (TPSA) is 75.5 Å². The Bertz CT molecular complexity index is 1200. The number of hydrogen-bond donors (Lipinski definition) is 1. The summed E-state index contributed by atoms with van der Waals surface area (Å²) in [6, 6.07) is 12.1. The number of piperidine rings is 1. The first-order chi connectivity index (χ1) is 16.0. The van der Waals surface area contributed by atoms with Crippen LogP contribution in [0.2, 0.25) is 0 Å². The van der Waals surface area contributed by atoms with Crippen molar-refractivity contribution in [3.8, 4) is 11.3 Å². The fraction of sp³-hybridized carbons (Fsp3) is 0.464. The lowest BCUT2D eigenvalue weighted by atomic mass is 9.82. The van der Waals surface area contributed by atoms with Crippen LogP contribution < -0.4 is 4.90 Å². The number of carboxylic acids is 1. The second kappa shape index (κ2) is 8.99. The highest BCUT2D eigenvalue weighted by atomic mass is 16.5. The van der Waals surface area contributed by atoms with Gasteiger partial charge in [0.1, 0.15) is 0 Å². The monoisotopic (exact) mass is 461 g/mol. The molecule has 4 rings (SSSR count). The lowest BCUT2D eigenvalue weighted by Gasteiger charge is -2.40. The number of benzene rings is 1. The predicted octanol–water partition coefficient (Wildman–Crippen LogP) is 6.17. The Morgan fingerprint density at radius 2 is 1.79 bits per heavy atom. The van der Waals surface area contributed by atoms with Gasteiger partial charge in [-0.05, 0) is 58.1 Å². The van der Waals surface area contributed by atoms with Crippen LogP contribution in [-0.2, 0) is 9.53 Å². The van der Waals surface area contributed by atoms with Crippen LogP contribution in [0.15, 0.2) is 42.6 Å². The molecule has 3 aromatic rings. The number of aryl methyl sites for hydroxylation is 1. The molecule has 0 bridgehead atoms. The number of nitrogens with zero attached hydrogens (tertiary/aromatic N) is 3. The van der Waals surface area contributed by atoms with Crippen molar-refractivity contribution in [2.75, 3.05) is 18.0 Å². The Morgan fingerprint density at radius 3 is 2.44 bits per heavy atom. The van der Waals surface area contributed by atoms with E-state index in [1.807, 2.05) is 64.2 Å². The Morgan fingerprint density at radius 1 is 1.12 bits per heavy atom. The van der Waals surface area contributed by atoms with Gasteiger partial charge >= 0.3 is 5.97 Å². The number of carbonyl (C=O) groups is 1. The average molecular weight is 462 g/mol. The molecule has 3 heterocycles. The minimum Gasteiger partial charge on any atom is -0.479 e. The fourth-order valence-corrected chi connectivity index (χ4v) is 4.59. The number of rotatable bonds is 5. The summed E-state index contributed by atoms with van der Waals surface area (Å²) in [7, 11) is 0. The normalized spacial score (nSPS) is 17.1. The fourth-order valence-electron chi connectivity index (χ4n) is 4.59. The number of aromatic nitrogens is 2. The highest BCUT2D eigenvalue weighted by molar-refractivity contribution is 5.88. The molecule has 1 N–H and O–H groups in total. The summed E-state index contributed by atoms with van der Waals surface area (Å²) in [6.45, 7) is 13.8. The van der Waals surface area contributed by atoms with Gasteiger partial charge in [-0.3, -0.25) is 4.98 Å². The van der Waals surface area contributed by atoms with Crippen LogP contribution in [0.25, 0.3) is 22.2 Å². The van der Waals surface area contributed by atoms with E-state index >= 15 is 0 Å². The molecule has 0 spiro atoms. The number of ether oxygens (including phenoxy) is 1. The molecular weight excluding hydrogens is 426 g/mol. The van der Waals surface area contributed by atoms with Gasteiger partial charge in [0.05, 0.1) is 22.5 Å². The summed E-state index contributed by atoms with van der Waals surface area (Å²) in [4.78, 5) is 24.4. The summed E-state index contributed by atoms with van der Waals surface area (Å²) < 4.78 is 6.11. The maximum Gasteiger partial charge on any atom is 0.337 e. The van der Waals surface area contributed by atoms with Gasteiger partial charge in [0.25, 0.3) is 0 Å². The standard InChI is InChI=1S/C28H35N3O3/c1-18-23(25(26(32)33)34-27(2,3)4)24(31-15-13-28(5,6)14-16-31)20(17-29-18)22-12-11-19-9-7-8-10-21(19)30-22/h7-12,17,25H,13-16H2,1-6H3,(H,32,33). The van der Waals surface area contributed by atoms with Crippen molar-refractivity contribution in [2.24, 2.45) is 5.41 Å². The summed E-state index contributed by atoms with van der Waals surface area (Å²) in [5.74, 6) is -1.01. The van der Waals surface area contributed by atoms with Gasteiger partial charge in [0.15, 0.2) is 6.10 Å². The molecule has 1 aromatic carbocycles. The number of anilines is 1. The molecule has 180 valence electrons. The van der Waals surface area contributed by atoms with Crippen molar-refractivity contribution in [1.82, 2.24) is 9.97 Å². The molecule has 6 heteroatoms. The Kier molecular flexibility index (Phi) is 6.38. The van der Waals surface area contributed by atoms with E-state index < -0.39 is 17.7 Å². The summed E-state index contributed by atoms with van der Waals surface area (Å²) in [5.41, 5.74) is 4.32. The van der Waals surface area contributed by atoms with Gasteiger partial charge in [0.2, 0.25) is 0 Å². The minimum atomic E-state index is -1.13. The molecule has 2 aromatic heterocycles. The number of pyridine rings is 2. The highest BCUT2D eigenvalue weighted by Gasteiger charge is 2.36. The van der Waals surface area contributed by atoms with Gasteiger partial charge in [-0.15, -0.1) is 0 Å². The van der Waals surface area contributed by atoms with E-state index in [1.54, 1.807) is 0 Å². The van der Waals surface area contributed by atoms with Crippen molar-refractivity contribution in [3.63, 3.8) is 0 Å².